The highest BCUT2D eigenvalue weighted by atomic mass is 16.2. The lowest BCUT2D eigenvalue weighted by Crippen LogP contribution is -2.32. The molecule has 1 rings (SSSR count). The van der Waals surface area contributed by atoms with E-state index in [9.17, 15) is 9.59 Å². The van der Waals surface area contributed by atoms with Crippen LogP contribution in [0.25, 0.3) is 0 Å². The predicted molar refractivity (Wildman–Crippen MR) is 56.2 cm³/mol. The van der Waals surface area contributed by atoms with E-state index in [0.717, 1.165) is 0 Å². The number of nitrogen functional groups attached to an aromatic ring is 1. The number of urea groups is 1. The summed E-state index contributed by atoms with van der Waals surface area (Å²) in [5.74, 6) is 4.55. The molecule has 3 amide bonds. The van der Waals surface area contributed by atoms with Crippen molar-refractivity contribution in [2.24, 2.45) is 5.84 Å². The zero-order chi connectivity index (χ0) is 11.3. The first-order valence-corrected chi connectivity index (χ1v) is 4.27. The number of carbonyl (C=O) groups is 2. The summed E-state index contributed by atoms with van der Waals surface area (Å²) >= 11 is 0. The first-order chi connectivity index (χ1) is 7.19. The van der Waals surface area contributed by atoms with Crippen LogP contribution in [0.2, 0.25) is 0 Å². The minimum absolute atomic E-state index is 0.309. The number of anilines is 1. The van der Waals surface area contributed by atoms with Gasteiger partial charge in [-0.2, -0.15) is 0 Å². The predicted octanol–water partition coefficient (Wildman–Crippen LogP) is 0.0414. The fraction of sp³-hybridized carbons (Fsp3) is 0.111. The number of para-hydroxylation sites is 1. The Balaban J connectivity index is 2.96. The van der Waals surface area contributed by atoms with Gasteiger partial charge in [0.05, 0.1) is 11.3 Å². The van der Waals surface area contributed by atoms with Crippen molar-refractivity contribution in [2.45, 2.75) is 0 Å². The lowest BCUT2D eigenvalue weighted by molar-refractivity contribution is 0.0954. The highest BCUT2D eigenvalue weighted by Crippen LogP contribution is 2.14. The van der Waals surface area contributed by atoms with Gasteiger partial charge in [0, 0.05) is 7.05 Å². The first-order valence-electron chi connectivity index (χ1n) is 4.27. The van der Waals surface area contributed by atoms with Gasteiger partial charge in [-0.3, -0.25) is 10.2 Å². The van der Waals surface area contributed by atoms with Crippen LogP contribution in [-0.2, 0) is 0 Å². The largest absolute Gasteiger partial charge is 0.341 e. The molecule has 6 nitrogen and oxygen atoms in total. The van der Waals surface area contributed by atoms with Crippen molar-refractivity contribution in [3.8, 4) is 0 Å². The molecule has 0 spiro atoms. The Morgan fingerprint density at radius 2 is 1.93 bits per heavy atom. The Labute approximate surface area is 86.8 Å². The molecule has 5 N–H and O–H groups in total. The number of carbonyl (C=O) groups excluding carboxylic acids is 2. The van der Waals surface area contributed by atoms with Crippen LogP contribution in [0.1, 0.15) is 10.4 Å². The maximum Gasteiger partial charge on any atom is 0.318 e. The second-order valence-electron chi connectivity index (χ2n) is 2.72. The topological polar surface area (TPSA) is 96.2 Å². The van der Waals surface area contributed by atoms with Crippen LogP contribution in [0.5, 0.6) is 0 Å². The number of rotatable bonds is 2. The SMILES string of the molecule is CNC(=O)Nc1ccccc1C(=O)NN. The van der Waals surface area contributed by atoms with E-state index in [4.69, 9.17) is 5.84 Å². The van der Waals surface area contributed by atoms with E-state index < -0.39 is 11.9 Å². The molecule has 80 valence electrons. The van der Waals surface area contributed by atoms with Gasteiger partial charge in [0.15, 0.2) is 0 Å². The molecular formula is C9H12N4O2. The summed E-state index contributed by atoms with van der Waals surface area (Å²) < 4.78 is 0. The van der Waals surface area contributed by atoms with Gasteiger partial charge in [0.1, 0.15) is 0 Å². The van der Waals surface area contributed by atoms with Gasteiger partial charge in [-0.25, -0.2) is 10.6 Å². The maximum absolute atomic E-state index is 11.3. The fourth-order valence-corrected chi connectivity index (χ4v) is 1.05. The van der Waals surface area contributed by atoms with E-state index in [1.807, 2.05) is 5.43 Å². The number of benzene rings is 1. The summed E-state index contributed by atoms with van der Waals surface area (Å²) in [6, 6.07) is 6.16. The molecule has 6 heteroatoms. The van der Waals surface area contributed by atoms with Crippen LogP contribution in [0.15, 0.2) is 24.3 Å². The Kier molecular flexibility index (Phi) is 3.64. The van der Waals surface area contributed by atoms with Gasteiger partial charge in [-0.15, -0.1) is 0 Å². The van der Waals surface area contributed by atoms with E-state index in [-0.39, 0.29) is 0 Å². The highest BCUT2D eigenvalue weighted by Gasteiger charge is 2.10. The van der Waals surface area contributed by atoms with Crippen molar-refractivity contribution in [2.75, 3.05) is 12.4 Å². The molecule has 0 aliphatic heterocycles. The van der Waals surface area contributed by atoms with Gasteiger partial charge in [0.25, 0.3) is 5.91 Å². The summed E-state index contributed by atoms with van der Waals surface area (Å²) in [5, 5.41) is 4.89. The molecule has 15 heavy (non-hydrogen) atoms. The number of hydrogen-bond donors (Lipinski definition) is 4. The van der Waals surface area contributed by atoms with Crippen LogP contribution in [0, 0.1) is 0 Å². The molecule has 0 radical (unpaired) electrons. The molecule has 0 atom stereocenters. The maximum atomic E-state index is 11.3. The normalized spacial score (nSPS) is 9.20. The average molecular weight is 208 g/mol. The molecule has 0 aromatic heterocycles. The van der Waals surface area contributed by atoms with E-state index >= 15 is 0 Å². The van der Waals surface area contributed by atoms with Gasteiger partial charge < -0.3 is 10.6 Å². The summed E-state index contributed by atoms with van der Waals surface area (Å²) in [4.78, 5) is 22.4. The fourth-order valence-electron chi connectivity index (χ4n) is 1.05. The van der Waals surface area contributed by atoms with Crippen molar-refractivity contribution in [1.82, 2.24) is 10.7 Å². The molecule has 0 fully saturated rings. The zero-order valence-electron chi connectivity index (χ0n) is 8.20. The summed E-state index contributed by atoms with van der Waals surface area (Å²) in [5.41, 5.74) is 2.71. The van der Waals surface area contributed by atoms with E-state index in [2.05, 4.69) is 10.6 Å². The van der Waals surface area contributed by atoms with Crippen LogP contribution in [0.3, 0.4) is 0 Å². The number of hydrogen-bond acceptors (Lipinski definition) is 3. The second kappa shape index (κ2) is 4.97. The lowest BCUT2D eigenvalue weighted by Gasteiger charge is -2.08. The molecule has 0 aliphatic carbocycles. The molecule has 1 aromatic rings. The van der Waals surface area contributed by atoms with Gasteiger partial charge in [-0.05, 0) is 12.1 Å². The van der Waals surface area contributed by atoms with Crippen molar-refractivity contribution < 1.29 is 9.59 Å². The average Bonchev–Trinajstić information content (AvgIpc) is 2.28. The van der Waals surface area contributed by atoms with Gasteiger partial charge in [0.2, 0.25) is 0 Å². The summed E-state index contributed by atoms with van der Waals surface area (Å²) in [6.45, 7) is 0. The number of amides is 3. The zero-order valence-corrected chi connectivity index (χ0v) is 8.20. The number of nitrogens with one attached hydrogen (secondary N) is 3. The molecular weight excluding hydrogens is 196 g/mol. The van der Waals surface area contributed by atoms with Crippen LogP contribution < -0.4 is 21.9 Å². The third-order valence-corrected chi connectivity index (χ3v) is 1.78. The standard InChI is InChI=1S/C9H12N4O2/c1-11-9(15)12-7-5-3-2-4-6(7)8(14)13-10/h2-5H,10H2,1H3,(H,13,14)(H2,11,12,15). The smallest absolute Gasteiger partial charge is 0.318 e. The van der Waals surface area contributed by atoms with Crippen molar-refractivity contribution in [3.63, 3.8) is 0 Å². The second-order valence-corrected chi connectivity index (χ2v) is 2.72. The van der Waals surface area contributed by atoms with E-state index in [1.165, 1.54) is 7.05 Å². The van der Waals surface area contributed by atoms with Crippen LogP contribution >= 0.6 is 0 Å². The molecule has 0 bridgehead atoms. The minimum Gasteiger partial charge on any atom is -0.341 e. The monoisotopic (exact) mass is 208 g/mol. The molecule has 0 saturated heterocycles. The Morgan fingerprint density at radius 3 is 2.53 bits per heavy atom. The molecule has 0 unspecified atom stereocenters. The first kappa shape index (κ1) is 11.0. The Bertz CT molecular complexity index is 378. The quantitative estimate of drug-likeness (QED) is 0.314. The third kappa shape index (κ3) is 2.68. The summed E-state index contributed by atoms with van der Waals surface area (Å²) in [7, 11) is 1.49. The van der Waals surface area contributed by atoms with Crippen molar-refractivity contribution in [3.05, 3.63) is 29.8 Å². The van der Waals surface area contributed by atoms with Crippen LogP contribution in [0.4, 0.5) is 10.5 Å². The number of nitrogens with two attached hydrogens (primary N) is 1. The van der Waals surface area contributed by atoms with Crippen molar-refractivity contribution in [1.29, 1.82) is 0 Å². The molecule has 0 aliphatic rings. The van der Waals surface area contributed by atoms with Crippen molar-refractivity contribution >= 4 is 17.6 Å². The molecule has 0 heterocycles. The van der Waals surface area contributed by atoms with E-state index in [0.29, 0.717) is 11.3 Å². The highest BCUT2D eigenvalue weighted by molar-refractivity contribution is 6.03. The van der Waals surface area contributed by atoms with E-state index in [1.54, 1.807) is 24.3 Å². The summed E-state index contributed by atoms with van der Waals surface area (Å²) in [6.07, 6.45) is 0. The third-order valence-electron chi connectivity index (χ3n) is 1.78. The van der Waals surface area contributed by atoms with Crippen LogP contribution in [-0.4, -0.2) is 19.0 Å². The number of hydrazine groups is 1. The van der Waals surface area contributed by atoms with Gasteiger partial charge >= 0.3 is 6.03 Å². The lowest BCUT2D eigenvalue weighted by atomic mass is 10.1. The molecule has 1 aromatic carbocycles. The minimum atomic E-state index is -0.456. The molecule has 0 saturated carbocycles. The Morgan fingerprint density at radius 1 is 1.27 bits per heavy atom. The van der Waals surface area contributed by atoms with Gasteiger partial charge in [-0.1, -0.05) is 12.1 Å². The Hall–Kier alpha value is -2.08.